The molecule has 2 aromatic rings. The van der Waals surface area contributed by atoms with E-state index in [4.69, 9.17) is 4.74 Å². The average molecular weight is 530 g/mol. The van der Waals surface area contributed by atoms with Crippen LogP contribution in [0.5, 0.6) is 11.5 Å². The third-order valence-electron chi connectivity index (χ3n) is 3.73. The number of aryl methyl sites for hydroxylation is 1. The minimum absolute atomic E-state index is 0. The van der Waals surface area contributed by atoms with Crippen LogP contribution >= 0.6 is 8.25 Å². The molecular formula is C17H15F3K2O7PS+. The monoisotopic (exact) mass is 529 g/mol. The van der Waals surface area contributed by atoms with Crippen molar-refractivity contribution in [1.29, 1.82) is 0 Å². The van der Waals surface area contributed by atoms with Gasteiger partial charge in [-0.05, 0) is 59.7 Å². The van der Waals surface area contributed by atoms with Gasteiger partial charge in [-0.2, -0.15) is 13.2 Å². The smallest absolute Gasteiger partial charge is 0.746 e. The molecule has 14 heteroatoms. The van der Waals surface area contributed by atoms with Gasteiger partial charge in [-0.3, -0.25) is 0 Å². The summed E-state index contributed by atoms with van der Waals surface area (Å²) in [4.78, 5) is 10.5. The van der Waals surface area contributed by atoms with Crippen molar-refractivity contribution in [1.82, 2.24) is 0 Å². The molecule has 158 valence electrons. The van der Waals surface area contributed by atoms with Gasteiger partial charge in [-0.1, -0.05) is 18.2 Å². The van der Waals surface area contributed by atoms with Gasteiger partial charge in [-0.25, -0.2) is 8.42 Å². The quantitative estimate of drug-likeness (QED) is 0.205. The maximum Gasteiger partial charge on any atom is 1.00 e. The second-order valence-corrected chi connectivity index (χ2v) is 8.09. The molecule has 0 amide bonds. The fraction of sp³-hybridized carbons (Fsp3) is 0.294. The van der Waals surface area contributed by atoms with Gasteiger partial charge in [0.1, 0.15) is 21.6 Å². The van der Waals surface area contributed by atoms with Crippen molar-refractivity contribution in [3.05, 3.63) is 59.7 Å². The van der Waals surface area contributed by atoms with Crippen molar-refractivity contribution in [2.24, 2.45) is 0 Å². The number of alkyl halides is 3. The summed E-state index contributed by atoms with van der Waals surface area (Å²) in [7, 11) is -8.45. The van der Waals surface area contributed by atoms with Crippen LogP contribution in [0.4, 0.5) is 13.2 Å². The molecule has 0 aromatic heterocycles. The summed E-state index contributed by atoms with van der Waals surface area (Å²) in [6, 6.07) is 10.7. The first-order valence-electron chi connectivity index (χ1n) is 8.15. The van der Waals surface area contributed by atoms with E-state index >= 15 is 0 Å². The number of hydrogen-bond acceptors (Lipinski definition) is 7. The van der Waals surface area contributed by atoms with E-state index in [1.807, 2.05) is 0 Å². The summed E-state index contributed by atoms with van der Waals surface area (Å²) in [5.74, 6) is 0.246. The molecule has 0 aliphatic rings. The molecule has 2 rings (SSSR count). The topological polar surface area (TPSA) is 116 Å². The van der Waals surface area contributed by atoms with E-state index in [2.05, 4.69) is 4.52 Å². The maximum absolute atomic E-state index is 12.8. The molecular weight excluding hydrogens is 514 g/mol. The van der Waals surface area contributed by atoms with Crippen molar-refractivity contribution >= 4 is 18.4 Å². The zero-order chi connectivity index (χ0) is 21.7. The molecule has 2 unspecified atom stereocenters. The molecule has 0 aliphatic carbocycles. The Labute approximate surface area is 263 Å². The normalized spacial score (nSPS) is 12.9. The first-order chi connectivity index (χ1) is 13.4. The van der Waals surface area contributed by atoms with Crippen LogP contribution in [0.25, 0.3) is 0 Å². The van der Waals surface area contributed by atoms with Gasteiger partial charge in [0.25, 0.3) is 0 Å². The standard InChI is InChI=1S/C17H16F3O7PS.2K/c18-17(19,20)13-6-3-8-15(11-13)26-14-7-1-4-12(10-14)5-2-9-16(27-28(21)22)29(23,24)25;;/h1,3-4,6-8,10-11,16H,2,5,9H2,(H,23,24,25);;/q;2*+1/p-1. The van der Waals surface area contributed by atoms with Gasteiger partial charge in [0.2, 0.25) is 5.44 Å². The van der Waals surface area contributed by atoms with Crippen molar-refractivity contribution < 1.29 is 148 Å². The van der Waals surface area contributed by atoms with E-state index in [-0.39, 0.29) is 134 Å². The van der Waals surface area contributed by atoms with Crippen LogP contribution in [0.3, 0.4) is 0 Å². The van der Waals surface area contributed by atoms with Crippen LogP contribution in [0.1, 0.15) is 24.0 Å². The van der Waals surface area contributed by atoms with Gasteiger partial charge in [0, 0.05) is 0 Å². The third kappa shape index (κ3) is 12.0. The number of ether oxygens (including phenoxy) is 1. The Hall–Kier alpha value is 1.23. The molecule has 0 fully saturated rings. The zero-order valence-corrected chi connectivity index (χ0v) is 24.6. The molecule has 2 aromatic carbocycles. The fourth-order valence-corrected chi connectivity index (χ4v) is 3.84. The Kier molecular flexibility index (Phi) is 15.2. The van der Waals surface area contributed by atoms with Crippen molar-refractivity contribution in [2.75, 3.05) is 0 Å². The Morgan fingerprint density at radius 3 is 2.16 bits per heavy atom. The average Bonchev–Trinajstić information content (AvgIpc) is 2.59. The Balaban J connectivity index is 0.00000450. The first kappa shape index (κ1) is 32.2. The van der Waals surface area contributed by atoms with Gasteiger partial charge < -0.3 is 14.2 Å². The second kappa shape index (κ2) is 14.6. The van der Waals surface area contributed by atoms with Crippen LogP contribution < -0.4 is 112 Å². The Morgan fingerprint density at radius 2 is 1.61 bits per heavy atom. The first-order valence-corrected chi connectivity index (χ1v) is 10.7. The number of benzene rings is 2. The summed E-state index contributed by atoms with van der Waals surface area (Å²) in [5.41, 5.74) is -2.22. The van der Waals surface area contributed by atoms with Gasteiger partial charge >= 0.3 is 117 Å². The summed E-state index contributed by atoms with van der Waals surface area (Å²) in [6.45, 7) is 0. The van der Waals surface area contributed by atoms with Crippen LogP contribution in [0.2, 0.25) is 0 Å². The Morgan fingerprint density at radius 1 is 1.03 bits per heavy atom. The van der Waals surface area contributed by atoms with Crippen LogP contribution in [0.15, 0.2) is 48.5 Å². The minimum Gasteiger partial charge on any atom is -0.746 e. The number of halogens is 3. The van der Waals surface area contributed by atoms with E-state index in [1.54, 1.807) is 12.1 Å². The molecule has 0 radical (unpaired) electrons. The molecule has 0 N–H and O–H groups in total. The van der Waals surface area contributed by atoms with Gasteiger partial charge in [0.15, 0.2) is 0 Å². The van der Waals surface area contributed by atoms with Crippen LogP contribution in [-0.2, 0) is 31.8 Å². The van der Waals surface area contributed by atoms with E-state index in [0.717, 1.165) is 12.1 Å². The van der Waals surface area contributed by atoms with E-state index in [9.17, 15) is 35.6 Å². The van der Waals surface area contributed by atoms with Crippen LogP contribution in [-0.4, -0.2) is 18.4 Å². The van der Waals surface area contributed by atoms with E-state index in [1.165, 1.54) is 24.3 Å². The largest absolute Gasteiger partial charge is 1.00 e. The summed E-state index contributed by atoms with van der Waals surface area (Å²) >= 11 is 0. The van der Waals surface area contributed by atoms with Gasteiger partial charge in [-0.15, -0.1) is 4.52 Å². The summed E-state index contributed by atoms with van der Waals surface area (Å²) < 4.78 is 91.4. The summed E-state index contributed by atoms with van der Waals surface area (Å²) in [6.07, 6.45) is -4.47. The minimum atomic E-state index is -4.95. The Bertz CT molecular complexity index is 974. The number of rotatable bonds is 9. The van der Waals surface area contributed by atoms with E-state index in [0.29, 0.717) is 5.56 Å². The zero-order valence-electron chi connectivity index (χ0n) is 16.7. The molecule has 0 spiro atoms. The number of hydrogen-bond donors (Lipinski definition) is 0. The molecule has 0 heterocycles. The molecule has 0 saturated carbocycles. The molecule has 31 heavy (non-hydrogen) atoms. The van der Waals surface area contributed by atoms with Gasteiger partial charge in [0.05, 0.1) is 5.56 Å². The van der Waals surface area contributed by atoms with Crippen LogP contribution in [0, 0.1) is 0 Å². The summed E-state index contributed by atoms with van der Waals surface area (Å²) in [5, 5.41) is 0. The molecule has 0 saturated heterocycles. The molecule has 2 atom stereocenters. The van der Waals surface area contributed by atoms with E-state index < -0.39 is 35.5 Å². The molecule has 0 aliphatic heterocycles. The predicted molar refractivity (Wildman–Crippen MR) is 93.1 cm³/mol. The third-order valence-corrected chi connectivity index (χ3v) is 5.27. The fourth-order valence-electron chi connectivity index (χ4n) is 2.46. The maximum atomic E-state index is 12.8. The van der Waals surface area contributed by atoms with Crippen molar-refractivity contribution in [3.63, 3.8) is 0 Å². The molecule has 0 bridgehead atoms. The SMILES string of the molecule is O=[P+]([O-])OC(CCCc1cccc(Oc2cccc(C(F)(F)F)c2)c1)S(=O)(=O)[O-].[K+].[K+]. The second-order valence-electron chi connectivity index (χ2n) is 5.92. The molecule has 7 nitrogen and oxygen atoms in total. The predicted octanol–water partition coefficient (Wildman–Crippen LogP) is -2.27. The van der Waals surface area contributed by atoms with Crippen molar-refractivity contribution in [3.8, 4) is 11.5 Å². The van der Waals surface area contributed by atoms with Crippen molar-refractivity contribution in [2.45, 2.75) is 30.9 Å².